The van der Waals surface area contributed by atoms with Gasteiger partial charge in [-0.05, 0) is 31.7 Å². The number of hydrogen-bond acceptors (Lipinski definition) is 4. The predicted molar refractivity (Wildman–Crippen MR) is 102 cm³/mol. The summed E-state index contributed by atoms with van der Waals surface area (Å²) in [5, 5.41) is 5.79. The van der Waals surface area contributed by atoms with E-state index in [0.717, 1.165) is 30.5 Å². The normalized spacial score (nSPS) is 14.3. The number of hydrogen-bond donors (Lipinski definition) is 2. The molecule has 0 saturated carbocycles. The lowest BCUT2D eigenvalue weighted by Gasteiger charge is -2.18. The molecule has 1 atom stereocenters. The third kappa shape index (κ3) is 4.36. The third-order valence-electron chi connectivity index (χ3n) is 4.77. The summed E-state index contributed by atoms with van der Waals surface area (Å²) in [5.74, 6) is -0.206. The van der Waals surface area contributed by atoms with Gasteiger partial charge in [-0.15, -0.1) is 0 Å². The van der Waals surface area contributed by atoms with Gasteiger partial charge in [0.2, 0.25) is 0 Å². The monoisotopic (exact) mass is 370 g/mol. The molecule has 0 saturated heterocycles. The topological polar surface area (TPSA) is 85.2 Å². The fourth-order valence-electron chi connectivity index (χ4n) is 3.33. The summed E-state index contributed by atoms with van der Waals surface area (Å²) in [4.78, 5) is 29.8. The number of fused-ring (bicyclic) bond motifs is 1. The highest BCUT2D eigenvalue weighted by atomic mass is 16.5. The van der Waals surface area contributed by atoms with Gasteiger partial charge in [0, 0.05) is 20.2 Å². The Bertz CT molecular complexity index is 801. The zero-order valence-electron chi connectivity index (χ0n) is 15.8. The molecule has 7 nitrogen and oxygen atoms in total. The molecule has 1 aliphatic rings. The van der Waals surface area contributed by atoms with Crippen molar-refractivity contribution in [3.63, 3.8) is 0 Å². The number of amides is 2. The quantitative estimate of drug-likeness (QED) is 0.731. The van der Waals surface area contributed by atoms with Gasteiger partial charge < -0.3 is 19.9 Å². The molecule has 0 aliphatic carbocycles. The summed E-state index contributed by atoms with van der Waals surface area (Å²) in [5.41, 5.74) is 2.21. The molecule has 0 bridgehead atoms. The van der Waals surface area contributed by atoms with E-state index in [1.807, 2.05) is 41.8 Å². The number of benzene rings is 1. The highest BCUT2D eigenvalue weighted by Crippen LogP contribution is 2.22. The second kappa shape index (κ2) is 8.81. The average molecular weight is 370 g/mol. The van der Waals surface area contributed by atoms with Crippen molar-refractivity contribution >= 4 is 11.8 Å². The van der Waals surface area contributed by atoms with Gasteiger partial charge in [-0.1, -0.05) is 30.3 Å². The van der Waals surface area contributed by atoms with E-state index < -0.39 is 0 Å². The molecule has 2 heterocycles. The summed E-state index contributed by atoms with van der Waals surface area (Å²) in [6.45, 7) is 3.49. The van der Waals surface area contributed by atoms with Crippen molar-refractivity contribution in [1.29, 1.82) is 0 Å². The lowest BCUT2D eigenvalue weighted by molar-refractivity contribution is 0.0923. The van der Waals surface area contributed by atoms with Crippen LogP contribution in [0.5, 0.6) is 0 Å². The molecule has 2 amide bonds. The van der Waals surface area contributed by atoms with Crippen LogP contribution in [-0.2, 0) is 17.7 Å². The van der Waals surface area contributed by atoms with Gasteiger partial charge in [-0.3, -0.25) is 9.59 Å². The minimum Gasteiger partial charge on any atom is -0.383 e. The van der Waals surface area contributed by atoms with Crippen LogP contribution in [0.1, 0.15) is 58.2 Å². The molecule has 1 aromatic carbocycles. The van der Waals surface area contributed by atoms with Gasteiger partial charge in [0.1, 0.15) is 5.69 Å². The van der Waals surface area contributed by atoms with Crippen molar-refractivity contribution in [2.75, 3.05) is 20.3 Å². The Morgan fingerprint density at radius 3 is 2.74 bits per heavy atom. The number of nitrogens with zero attached hydrogens (tertiary/aromatic N) is 2. The second-order valence-electron chi connectivity index (χ2n) is 6.69. The first-order valence-corrected chi connectivity index (χ1v) is 9.34. The Morgan fingerprint density at radius 2 is 2.00 bits per heavy atom. The van der Waals surface area contributed by atoms with E-state index in [1.54, 1.807) is 7.11 Å². The van der Waals surface area contributed by atoms with Crippen molar-refractivity contribution in [1.82, 2.24) is 20.2 Å². The molecule has 7 heteroatoms. The summed E-state index contributed by atoms with van der Waals surface area (Å²) >= 11 is 0. The standard InChI is InChI=1S/C20H26N4O3/c1-14(15-8-4-3-5-9-15)22-20(26)18-23-17(19(25)21-11-13-27-2)16-10-6-7-12-24(16)18/h3-5,8-9,14H,6-7,10-13H2,1-2H3,(H,21,25)(H,22,26). The van der Waals surface area contributed by atoms with E-state index in [-0.39, 0.29) is 17.9 Å². The molecule has 1 unspecified atom stereocenters. The summed E-state index contributed by atoms with van der Waals surface area (Å²) < 4.78 is 6.86. The van der Waals surface area contributed by atoms with E-state index in [0.29, 0.717) is 31.2 Å². The van der Waals surface area contributed by atoms with Crippen molar-refractivity contribution in [3.05, 3.63) is 53.1 Å². The number of ether oxygens (including phenoxy) is 1. The Balaban J connectivity index is 1.80. The Hall–Kier alpha value is -2.67. The zero-order valence-corrected chi connectivity index (χ0v) is 15.8. The minimum atomic E-state index is -0.259. The molecule has 1 aliphatic heterocycles. The highest BCUT2D eigenvalue weighted by molar-refractivity contribution is 5.97. The highest BCUT2D eigenvalue weighted by Gasteiger charge is 2.27. The van der Waals surface area contributed by atoms with Crippen LogP contribution in [0, 0.1) is 0 Å². The molecule has 0 spiro atoms. The van der Waals surface area contributed by atoms with Crippen molar-refractivity contribution in [3.8, 4) is 0 Å². The first-order valence-electron chi connectivity index (χ1n) is 9.34. The van der Waals surface area contributed by atoms with E-state index in [4.69, 9.17) is 4.74 Å². The van der Waals surface area contributed by atoms with Gasteiger partial charge in [0.25, 0.3) is 11.8 Å². The molecule has 1 aromatic heterocycles. The number of imidazole rings is 1. The first-order chi connectivity index (χ1) is 13.1. The largest absolute Gasteiger partial charge is 0.383 e. The molecule has 2 aromatic rings. The molecule has 3 rings (SSSR count). The third-order valence-corrected chi connectivity index (χ3v) is 4.77. The number of methoxy groups -OCH3 is 1. The van der Waals surface area contributed by atoms with E-state index >= 15 is 0 Å². The summed E-state index contributed by atoms with van der Waals surface area (Å²) in [6, 6.07) is 9.63. The smallest absolute Gasteiger partial charge is 0.287 e. The number of nitrogens with one attached hydrogen (secondary N) is 2. The van der Waals surface area contributed by atoms with Crippen molar-refractivity contribution in [2.45, 2.75) is 38.8 Å². The molecule has 27 heavy (non-hydrogen) atoms. The number of carbonyl (C=O) groups excluding carboxylic acids is 2. The van der Waals surface area contributed by atoms with E-state index in [1.165, 1.54) is 0 Å². The summed E-state index contributed by atoms with van der Waals surface area (Å²) in [7, 11) is 1.58. The van der Waals surface area contributed by atoms with Crippen LogP contribution in [0.25, 0.3) is 0 Å². The van der Waals surface area contributed by atoms with Crippen molar-refractivity contribution in [2.24, 2.45) is 0 Å². The van der Waals surface area contributed by atoms with Crippen LogP contribution >= 0.6 is 0 Å². The Labute approximate surface area is 159 Å². The molecular formula is C20H26N4O3. The number of carbonyl (C=O) groups is 2. The lowest BCUT2D eigenvalue weighted by Crippen LogP contribution is -2.30. The molecular weight excluding hydrogens is 344 g/mol. The van der Waals surface area contributed by atoms with Gasteiger partial charge in [0.05, 0.1) is 18.3 Å². The van der Waals surface area contributed by atoms with Crippen LogP contribution in [0.3, 0.4) is 0 Å². The lowest BCUT2D eigenvalue weighted by atomic mass is 10.1. The SMILES string of the molecule is COCCNC(=O)c1nc(C(=O)NC(C)c2ccccc2)n2c1CCCC2. The minimum absolute atomic E-state index is 0.144. The maximum atomic E-state index is 12.9. The fraction of sp³-hybridized carbons (Fsp3) is 0.450. The van der Waals surface area contributed by atoms with E-state index in [9.17, 15) is 9.59 Å². The molecule has 0 radical (unpaired) electrons. The zero-order chi connectivity index (χ0) is 19.2. The second-order valence-corrected chi connectivity index (χ2v) is 6.69. The van der Waals surface area contributed by atoms with Gasteiger partial charge in [0.15, 0.2) is 5.82 Å². The van der Waals surface area contributed by atoms with Gasteiger partial charge in [-0.2, -0.15) is 0 Å². The van der Waals surface area contributed by atoms with Crippen molar-refractivity contribution < 1.29 is 14.3 Å². The van der Waals surface area contributed by atoms with Crippen LogP contribution in [0.15, 0.2) is 30.3 Å². The van der Waals surface area contributed by atoms with E-state index in [2.05, 4.69) is 15.6 Å². The van der Waals surface area contributed by atoms with Crippen LogP contribution in [0.2, 0.25) is 0 Å². The number of aromatic nitrogens is 2. The molecule has 0 fully saturated rings. The summed E-state index contributed by atoms with van der Waals surface area (Å²) in [6.07, 6.45) is 2.72. The average Bonchev–Trinajstić information content (AvgIpc) is 3.09. The Morgan fingerprint density at radius 1 is 1.22 bits per heavy atom. The Kier molecular flexibility index (Phi) is 6.24. The number of rotatable bonds is 7. The van der Waals surface area contributed by atoms with Gasteiger partial charge in [-0.25, -0.2) is 4.98 Å². The maximum absolute atomic E-state index is 12.9. The van der Waals surface area contributed by atoms with Gasteiger partial charge >= 0.3 is 0 Å². The maximum Gasteiger partial charge on any atom is 0.287 e. The van der Waals surface area contributed by atoms with Crippen LogP contribution < -0.4 is 10.6 Å². The molecule has 2 N–H and O–H groups in total. The molecule has 144 valence electrons. The first kappa shape index (κ1) is 19.1. The van der Waals surface area contributed by atoms with Crippen LogP contribution in [0.4, 0.5) is 0 Å². The fourth-order valence-corrected chi connectivity index (χ4v) is 3.33. The predicted octanol–water partition coefficient (Wildman–Crippen LogP) is 2.09. The van der Waals surface area contributed by atoms with Crippen LogP contribution in [-0.4, -0.2) is 41.6 Å².